The van der Waals surface area contributed by atoms with Gasteiger partial charge in [0.2, 0.25) is 0 Å². The van der Waals surface area contributed by atoms with Crippen molar-refractivity contribution in [1.82, 2.24) is 0 Å². The second-order valence-electron chi connectivity index (χ2n) is 2.87. The van der Waals surface area contributed by atoms with Crippen LogP contribution in [0, 0.1) is 0 Å². The zero-order valence-electron chi connectivity index (χ0n) is 7.53. The van der Waals surface area contributed by atoms with Crippen molar-refractivity contribution in [2.75, 3.05) is 6.61 Å². The van der Waals surface area contributed by atoms with Gasteiger partial charge in [0.05, 0.1) is 11.1 Å². The Labute approximate surface area is 83.1 Å². The number of benzene rings is 1. The van der Waals surface area contributed by atoms with E-state index in [-0.39, 0.29) is 12.7 Å². The van der Waals surface area contributed by atoms with Crippen LogP contribution >= 0.6 is 11.6 Å². The monoisotopic (exact) mass is 200 g/mol. The predicted molar refractivity (Wildman–Crippen MR) is 53.2 cm³/mol. The Hall–Kier alpha value is -0.730. The maximum absolute atomic E-state index is 8.67. The molecule has 13 heavy (non-hydrogen) atoms. The van der Waals surface area contributed by atoms with Crippen molar-refractivity contribution in [3.63, 3.8) is 0 Å². The van der Waals surface area contributed by atoms with Gasteiger partial charge in [-0.1, -0.05) is 23.7 Å². The number of aliphatic hydroxyl groups is 1. The Morgan fingerprint density at radius 3 is 2.77 bits per heavy atom. The average Bonchev–Trinajstić information content (AvgIpc) is 2.09. The van der Waals surface area contributed by atoms with Gasteiger partial charge >= 0.3 is 0 Å². The van der Waals surface area contributed by atoms with Gasteiger partial charge in [-0.05, 0) is 19.1 Å². The van der Waals surface area contributed by atoms with E-state index in [1.165, 1.54) is 0 Å². The lowest BCUT2D eigenvalue weighted by Crippen LogP contribution is -2.13. The minimum absolute atomic E-state index is 0.00935. The number of aliphatic hydroxyl groups excluding tert-OH is 1. The molecule has 0 aliphatic rings. The third kappa shape index (κ3) is 3.25. The fourth-order valence-electron chi connectivity index (χ4n) is 0.998. The van der Waals surface area contributed by atoms with E-state index in [0.29, 0.717) is 17.2 Å². The molecule has 0 radical (unpaired) electrons. The van der Waals surface area contributed by atoms with E-state index in [2.05, 4.69) is 0 Å². The number of para-hydroxylation sites is 1. The molecule has 0 fully saturated rings. The van der Waals surface area contributed by atoms with Crippen molar-refractivity contribution in [2.45, 2.75) is 19.4 Å². The minimum atomic E-state index is -0.00935. The van der Waals surface area contributed by atoms with Crippen LogP contribution in [0.4, 0.5) is 0 Å². The predicted octanol–water partition coefficient (Wildman–Crippen LogP) is 2.49. The number of halogens is 1. The van der Waals surface area contributed by atoms with Gasteiger partial charge in [0.1, 0.15) is 5.75 Å². The fourth-order valence-corrected chi connectivity index (χ4v) is 1.18. The SMILES string of the molecule is CC(CCO)Oc1ccccc1Cl. The van der Waals surface area contributed by atoms with Crippen molar-refractivity contribution in [2.24, 2.45) is 0 Å². The van der Waals surface area contributed by atoms with E-state index < -0.39 is 0 Å². The highest BCUT2D eigenvalue weighted by Crippen LogP contribution is 2.24. The molecule has 0 bridgehead atoms. The zero-order valence-corrected chi connectivity index (χ0v) is 8.29. The molecule has 0 spiro atoms. The smallest absolute Gasteiger partial charge is 0.138 e. The van der Waals surface area contributed by atoms with Crippen LogP contribution in [0.2, 0.25) is 5.02 Å². The highest BCUT2D eigenvalue weighted by Gasteiger charge is 2.05. The second-order valence-corrected chi connectivity index (χ2v) is 3.28. The molecule has 0 aromatic heterocycles. The summed E-state index contributed by atoms with van der Waals surface area (Å²) in [6.07, 6.45) is 0.607. The van der Waals surface area contributed by atoms with Gasteiger partial charge in [0, 0.05) is 13.0 Å². The lowest BCUT2D eigenvalue weighted by atomic mass is 10.3. The first-order valence-electron chi connectivity index (χ1n) is 4.26. The molecule has 3 heteroatoms. The Kier molecular flexibility index (Phi) is 4.06. The van der Waals surface area contributed by atoms with Gasteiger partial charge in [0.25, 0.3) is 0 Å². The van der Waals surface area contributed by atoms with Gasteiger partial charge in [0.15, 0.2) is 0 Å². The van der Waals surface area contributed by atoms with E-state index in [9.17, 15) is 0 Å². The van der Waals surface area contributed by atoms with E-state index in [1.54, 1.807) is 6.07 Å². The lowest BCUT2D eigenvalue weighted by Gasteiger charge is -2.14. The lowest BCUT2D eigenvalue weighted by molar-refractivity contribution is 0.169. The molecule has 1 aromatic carbocycles. The summed E-state index contributed by atoms with van der Waals surface area (Å²) in [5.74, 6) is 0.671. The third-order valence-electron chi connectivity index (χ3n) is 1.70. The molecule has 0 heterocycles. The first-order chi connectivity index (χ1) is 6.24. The summed E-state index contributed by atoms with van der Waals surface area (Å²) in [4.78, 5) is 0. The summed E-state index contributed by atoms with van der Waals surface area (Å²) >= 11 is 5.88. The summed E-state index contributed by atoms with van der Waals surface area (Å²) in [7, 11) is 0. The van der Waals surface area contributed by atoms with Crippen molar-refractivity contribution in [3.8, 4) is 5.75 Å². The molecular weight excluding hydrogens is 188 g/mol. The molecule has 0 saturated carbocycles. The molecule has 1 atom stereocenters. The van der Waals surface area contributed by atoms with Gasteiger partial charge in [-0.2, -0.15) is 0 Å². The van der Waals surface area contributed by atoms with Crippen LogP contribution in [0.15, 0.2) is 24.3 Å². The Balaban J connectivity index is 2.58. The third-order valence-corrected chi connectivity index (χ3v) is 2.01. The van der Waals surface area contributed by atoms with Crippen LogP contribution in [0.1, 0.15) is 13.3 Å². The quantitative estimate of drug-likeness (QED) is 0.809. The molecule has 0 saturated heterocycles. The molecule has 0 aliphatic carbocycles. The summed E-state index contributed by atoms with van der Waals surface area (Å²) in [6.45, 7) is 2.03. The first kappa shape index (κ1) is 10.4. The molecule has 1 unspecified atom stereocenters. The van der Waals surface area contributed by atoms with E-state index in [0.717, 1.165) is 0 Å². The van der Waals surface area contributed by atoms with Crippen LogP contribution in [0.25, 0.3) is 0 Å². The van der Waals surface area contributed by atoms with Gasteiger partial charge < -0.3 is 9.84 Å². The van der Waals surface area contributed by atoms with Crippen molar-refractivity contribution < 1.29 is 9.84 Å². The number of ether oxygens (including phenoxy) is 1. The van der Waals surface area contributed by atoms with Crippen molar-refractivity contribution in [3.05, 3.63) is 29.3 Å². The Morgan fingerprint density at radius 1 is 1.46 bits per heavy atom. The summed E-state index contributed by atoms with van der Waals surface area (Å²) in [5, 5.41) is 9.27. The molecule has 1 rings (SSSR count). The Bertz CT molecular complexity index is 263. The van der Waals surface area contributed by atoms with Crippen molar-refractivity contribution in [1.29, 1.82) is 0 Å². The van der Waals surface area contributed by atoms with E-state index in [1.807, 2.05) is 25.1 Å². The summed E-state index contributed by atoms with van der Waals surface area (Å²) in [6, 6.07) is 7.32. The largest absolute Gasteiger partial charge is 0.489 e. The molecule has 1 N–H and O–H groups in total. The molecule has 0 aliphatic heterocycles. The fraction of sp³-hybridized carbons (Fsp3) is 0.400. The van der Waals surface area contributed by atoms with Crippen LogP contribution in [0.3, 0.4) is 0 Å². The maximum atomic E-state index is 8.67. The summed E-state index contributed by atoms with van der Waals surface area (Å²) < 4.78 is 5.49. The topological polar surface area (TPSA) is 29.5 Å². The van der Waals surface area contributed by atoms with Gasteiger partial charge in [-0.25, -0.2) is 0 Å². The normalized spacial score (nSPS) is 12.5. The van der Waals surface area contributed by atoms with Crippen LogP contribution in [-0.2, 0) is 0 Å². The molecule has 1 aromatic rings. The van der Waals surface area contributed by atoms with Crippen molar-refractivity contribution >= 4 is 11.6 Å². The second kappa shape index (κ2) is 5.10. The van der Waals surface area contributed by atoms with Crippen LogP contribution < -0.4 is 4.74 Å². The standard InChI is InChI=1S/C10H13ClO2/c1-8(6-7-12)13-10-5-3-2-4-9(10)11/h2-5,8,12H,6-7H2,1H3. The number of hydrogen-bond donors (Lipinski definition) is 1. The highest BCUT2D eigenvalue weighted by molar-refractivity contribution is 6.32. The van der Waals surface area contributed by atoms with E-state index in [4.69, 9.17) is 21.4 Å². The van der Waals surface area contributed by atoms with E-state index >= 15 is 0 Å². The van der Waals surface area contributed by atoms with Gasteiger partial charge in [-0.3, -0.25) is 0 Å². The maximum Gasteiger partial charge on any atom is 0.138 e. The zero-order chi connectivity index (χ0) is 9.68. The first-order valence-corrected chi connectivity index (χ1v) is 4.64. The minimum Gasteiger partial charge on any atom is -0.489 e. The summed E-state index contributed by atoms with van der Waals surface area (Å²) in [5.41, 5.74) is 0. The molecular formula is C10H13ClO2. The van der Waals surface area contributed by atoms with Gasteiger partial charge in [-0.15, -0.1) is 0 Å². The average molecular weight is 201 g/mol. The highest BCUT2D eigenvalue weighted by atomic mass is 35.5. The number of rotatable bonds is 4. The number of hydrogen-bond acceptors (Lipinski definition) is 2. The molecule has 72 valence electrons. The molecule has 2 nitrogen and oxygen atoms in total. The Morgan fingerprint density at radius 2 is 2.15 bits per heavy atom. The van der Waals surface area contributed by atoms with Crippen LogP contribution in [-0.4, -0.2) is 17.8 Å². The molecule has 0 amide bonds. The van der Waals surface area contributed by atoms with Crippen LogP contribution in [0.5, 0.6) is 5.75 Å².